The summed E-state index contributed by atoms with van der Waals surface area (Å²) in [5.41, 5.74) is 2.11. The van der Waals surface area contributed by atoms with Gasteiger partial charge in [-0.05, 0) is 52.4 Å². The van der Waals surface area contributed by atoms with Crippen LogP contribution in [-0.2, 0) is 21.0 Å². The molecule has 0 radical (unpaired) electrons. The van der Waals surface area contributed by atoms with Crippen LogP contribution >= 0.6 is 0 Å². The number of rotatable bonds is 9. The van der Waals surface area contributed by atoms with Crippen LogP contribution in [0.4, 0.5) is 4.39 Å². The Morgan fingerprint density at radius 3 is 1.97 bits per heavy atom. The molecule has 0 aromatic heterocycles. The van der Waals surface area contributed by atoms with Gasteiger partial charge in [0.15, 0.2) is 32.9 Å². The molecule has 3 aromatic rings. The Morgan fingerprint density at radius 2 is 1.43 bits per heavy atom. The van der Waals surface area contributed by atoms with E-state index in [2.05, 4.69) is 0 Å². The number of benzene rings is 3. The lowest BCUT2D eigenvalue weighted by molar-refractivity contribution is 0.324. The van der Waals surface area contributed by atoms with Crippen molar-refractivity contribution in [2.45, 2.75) is 36.8 Å². The molecule has 0 N–H and O–H groups in total. The summed E-state index contributed by atoms with van der Waals surface area (Å²) in [7, 11) is 2.06. The first kappa shape index (κ1) is 28.1. The molecule has 0 fully saturated rings. The summed E-state index contributed by atoms with van der Waals surface area (Å²) in [6, 6.07) is 13.1. The molecule has 0 bridgehead atoms. The van der Waals surface area contributed by atoms with Crippen LogP contribution in [0.2, 0.25) is 0 Å². The molecule has 3 rings (SSSR count). The summed E-state index contributed by atoms with van der Waals surface area (Å²) >= 11 is 0. The molecular weight excluding hydrogens is 495 g/mol. The second-order valence-electron chi connectivity index (χ2n) is 9.48. The Balaban J connectivity index is 2.08. The zero-order valence-electron chi connectivity index (χ0n) is 22.2. The lowest BCUT2D eigenvalue weighted by atomic mass is 9.87. The van der Waals surface area contributed by atoms with E-state index in [1.807, 2.05) is 26.8 Å². The second kappa shape index (κ2) is 11.3. The van der Waals surface area contributed by atoms with Crippen LogP contribution in [0.15, 0.2) is 53.4 Å². The summed E-state index contributed by atoms with van der Waals surface area (Å²) in [5, 5.41) is 0. The van der Waals surface area contributed by atoms with Gasteiger partial charge in [0.25, 0.3) is 0 Å². The van der Waals surface area contributed by atoms with Gasteiger partial charge in [-0.2, -0.15) is 0 Å². The number of ether oxygens (including phenoxy) is 4. The molecule has 8 heteroatoms. The van der Waals surface area contributed by atoms with Crippen molar-refractivity contribution >= 4 is 22.0 Å². The molecule has 0 aliphatic carbocycles. The Bertz CT molecular complexity index is 1380. The average Bonchev–Trinajstić information content (AvgIpc) is 2.87. The van der Waals surface area contributed by atoms with Gasteiger partial charge in [0, 0.05) is 5.56 Å². The summed E-state index contributed by atoms with van der Waals surface area (Å²) in [6.45, 7) is 6.04. The number of hydrogen-bond donors (Lipinski definition) is 0. The van der Waals surface area contributed by atoms with Crippen molar-refractivity contribution in [2.24, 2.45) is 0 Å². The topological polar surface area (TPSA) is 71.1 Å². The SMILES string of the molecule is COc1cc(/C=C\c2ccc(F)c(OC)c2CS(=O)(=O)c2cccc(C(C)(C)C)c2)cc(OC)c1OC. The van der Waals surface area contributed by atoms with Crippen LogP contribution in [0, 0.1) is 5.82 Å². The van der Waals surface area contributed by atoms with Crippen molar-refractivity contribution in [3.63, 3.8) is 0 Å². The molecule has 0 saturated heterocycles. The molecule has 6 nitrogen and oxygen atoms in total. The molecule has 0 spiro atoms. The van der Waals surface area contributed by atoms with E-state index in [-0.39, 0.29) is 21.6 Å². The van der Waals surface area contributed by atoms with Crippen molar-refractivity contribution in [3.05, 3.63) is 76.6 Å². The van der Waals surface area contributed by atoms with Crippen LogP contribution in [0.5, 0.6) is 23.0 Å². The van der Waals surface area contributed by atoms with Crippen LogP contribution in [0.1, 0.15) is 43.0 Å². The third-order valence-electron chi connectivity index (χ3n) is 5.99. The first-order chi connectivity index (χ1) is 17.4. The first-order valence-electron chi connectivity index (χ1n) is 11.6. The molecule has 0 heterocycles. The van der Waals surface area contributed by atoms with Gasteiger partial charge in [0.2, 0.25) is 5.75 Å². The van der Waals surface area contributed by atoms with Gasteiger partial charge in [-0.1, -0.05) is 51.1 Å². The van der Waals surface area contributed by atoms with Crippen LogP contribution in [-0.4, -0.2) is 36.9 Å². The van der Waals surface area contributed by atoms with E-state index in [4.69, 9.17) is 18.9 Å². The van der Waals surface area contributed by atoms with E-state index in [9.17, 15) is 12.8 Å². The fourth-order valence-corrected chi connectivity index (χ4v) is 5.39. The van der Waals surface area contributed by atoms with Gasteiger partial charge in [-0.25, -0.2) is 12.8 Å². The zero-order valence-corrected chi connectivity index (χ0v) is 23.0. The monoisotopic (exact) mass is 528 g/mol. The minimum atomic E-state index is -3.82. The number of hydrogen-bond acceptors (Lipinski definition) is 6. The van der Waals surface area contributed by atoms with Gasteiger partial charge < -0.3 is 18.9 Å². The Hall–Kier alpha value is -3.52. The predicted octanol–water partition coefficient (Wildman–Crippen LogP) is 6.30. The third-order valence-corrected chi connectivity index (χ3v) is 7.63. The molecule has 0 saturated carbocycles. The average molecular weight is 529 g/mol. The summed E-state index contributed by atoms with van der Waals surface area (Å²) in [5.74, 6) is 0.217. The number of methoxy groups -OCH3 is 4. The van der Waals surface area contributed by atoms with Crippen molar-refractivity contribution in [3.8, 4) is 23.0 Å². The highest BCUT2D eigenvalue weighted by atomic mass is 32.2. The molecule has 198 valence electrons. The highest BCUT2D eigenvalue weighted by molar-refractivity contribution is 7.90. The highest BCUT2D eigenvalue weighted by Gasteiger charge is 2.24. The van der Waals surface area contributed by atoms with Gasteiger partial charge in [0.05, 0.1) is 39.1 Å². The maximum Gasteiger partial charge on any atom is 0.203 e. The summed E-state index contributed by atoms with van der Waals surface area (Å²) in [4.78, 5) is 0.172. The third kappa shape index (κ3) is 6.25. The minimum absolute atomic E-state index is 0.109. The summed E-state index contributed by atoms with van der Waals surface area (Å²) < 4.78 is 63.1. The lowest BCUT2D eigenvalue weighted by Crippen LogP contribution is -2.13. The van der Waals surface area contributed by atoms with Crippen LogP contribution in [0.25, 0.3) is 12.2 Å². The standard InChI is InChI=1S/C29H33FO6S/c1-29(2,3)21-9-8-10-22(17-21)37(31,32)18-23-20(13-14-24(30)27(23)35-6)12-11-19-15-25(33-4)28(36-7)26(16-19)34-5/h8-17H,18H2,1-7H3/b12-11-. The molecule has 3 aromatic carbocycles. The smallest absolute Gasteiger partial charge is 0.203 e. The molecule has 0 aliphatic rings. The van der Waals surface area contributed by atoms with Gasteiger partial charge in [0.1, 0.15) is 0 Å². The number of halogens is 1. The minimum Gasteiger partial charge on any atom is -0.493 e. The predicted molar refractivity (Wildman–Crippen MR) is 144 cm³/mol. The van der Waals surface area contributed by atoms with Gasteiger partial charge in [-0.15, -0.1) is 0 Å². The molecular formula is C29H33FO6S. The number of sulfone groups is 1. The first-order valence-corrected chi connectivity index (χ1v) is 13.3. The normalized spacial score (nSPS) is 12.0. The summed E-state index contributed by atoms with van der Waals surface area (Å²) in [6.07, 6.45) is 3.46. The molecule has 0 aliphatic heterocycles. The maximum absolute atomic E-state index is 14.7. The molecule has 0 unspecified atom stereocenters. The van der Waals surface area contributed by atoms with E-state index in [0.717, 1.165) is 5.56 Å². The Kier molecular flexibility index (Phi) is 8.53. The Morgan fingerprint density at radius 1 is 0.811 bits per heavy atom. The largest absolute Gasteiger partial charge is 0.493 e. The van der Waals surface area contributed by atoms with E-state index in [1.165, 1.54) is 40.6 Å². The maximum atomic E-state index is 14.7. The van der Waals surface area contributed by atoms with E-state index >= 15 is 0 Å². The van der Waals surface area contributed by atoms with Gasteiger partial charge >= 0.3 is 0 Å². The highest BCUT2D eigenvalue weighted by Crippen LogP contribution is 2.39. The van der Waals surface area contributed by atoms with E-state index in [1.54, 1.807) is 42.5 Å². The van der Waals surface area contributed by atoms with E-state index in [0.29, 0.717) is 28.4 Å². The van der Waals surface area contributed by atoms with Gasteiger partial charge in [-0.3, -0.25) is 0 Å². The van der Waals surface area contributed by atoms with Crippen molar-refractivity contribution in [1.29, 1.82) is 0 Å². The lowest BCUT2D eigenvalue weighted by Gasteiger charge is -2.20. The molecule has 0 amide bonds. The fourth-order valence-electron chi connectivity index (χ4n) is 3.95. The Labute approximate surface area is 218 Å². The van der Waals surface area contributed by atoms with Crippen molar-refractivity contribution in [1.82, 2.24) is 0 Å². The van der Waals surface area contributed by atoms with Crippen LogP contribution < -0.4 is 18.9 Å². The van der Waals surface area contributed by atoms with Crippen molar-refractivity contribution < 1.29 is 31.8 Å². The fraction of sp³-hybridized carbons (Fsp3) is 0.310. The van der Waals surface area contributed by atoms with Crippen LogP contribution in [0.3, 0.4) is 0 Å². The van der Waals surface area contributed by atoms with Crippen molar-refractivity contribution in [2.75, 3.05) is 28.4 Å². The quantitative estimate of drug-likeness (QED) is 0.304. The molecule has 0 atom stereocenters. The second-order valence-corrected chi connectivity index (χ2v) is 11.5. The zero-order chi connectivity index (χ0) is 27.4. The van der Waals surface area contributed by atoms with E-state index < -0.39 is 21.4 Å². The molecule has 37 heavy (non-hydrogen) atoms.